The number of aromatic nitrogens is 2. The van der Waals surface area contributed by atoms with Crippen molar-refractivity contribution in [3.05, 3.63) is 82.8 Å². The van der Waals surface area contributed by atoms with Gasteiger partial charge in [0.1, 0.15) is 34.8 Å². The van der Waals surface area contributed by atoms with E-state index in [9.17, 15) is 8.78 Å². The summed E-state index contributed by atoms with van der Waals surface area (Å²) < 4.78 is 30.3. The SMILES string of the molecule is C=C(N=Cc1nc(-c2c(F)cccc2Cl)n(C[C@@H]2CCNC2)c1N)NCc1ccccc1F. The largest absolute Gasteiger partial charge is 0.383 e. The number of nitrogens with one attached hydrogen (secondary N) is 2. The van der Waals surface area contributed by atoms with Crippen LogP contribution < -0.4 is 16.4 Å². The Labute approximate surface area is 196 Å². The van der Waals surface area contributed by atoms with Crippen LogP contribution in [0.2, 0.25) is 5.02 Å². The minimum absolute atomic E-state index is 0.202. The van der Waals surface area contributed by atoms with Crippen LogP contribution in [-0.4, -0.2) is 28.9 Å². The molecular weight excluding hydrogens is 446 g/mol. The summed E-state index contributed by atoms with van der Waals surface area (Å²) in [7, 11) is 0. The first-order chi connectivity index (χ1) is 15.9. The van der Waals surface area contributed by atoms with E-state index in [1.807, 2.05) is 0 Å². The fourth-order valence-corrected chi connectivity index (χ4v) is 4.07. The Bertz CT molecular complexity index is 1160. The van der Waals surface area contributed by atoms with E-state index in [0.29, 0.717) is 41.2 Å². The Morgan fingerprint density at radius 1 is 1.27 bits per heavy atom. The molecular formula is C24H25ClF2N6. The molecule has 2 aromatic carbocycles. The molecule has 0 unspecified atom stereocenters. The highest BCUT2D eigenvalue weighted by Crippen LogP contribution is 2.33. The van der Waals surface area contributed by atoms with Crippen molar-refractivity contribution in [2.45, 2.75) is 19.5 Å². The monoisotopic (exact) mass is 470 g/mol. The van der Waals surface area contributed by atoms with Crippen LogP contribution >= 0.6 is 11.6 Å². The molecule has 1 aliphatic heterocycles. The van der Waals surface area contributed by atoms with Gasteiger partial charge < -0.3 is 20.9 Å². The molecule has 9 heteroatoms. The highest BCUT2D eigenvalue weighted by atomic mass is 35.5. The molecule has 1 atom stereocenters. The molecule has 1 aromatic heterocycles. The fourth-order valence-electron chi connectivity index (χ4n) is 3.82. The molecule has 1 saturated heterocycles. The van der Waals surface area contributed by atoms with Gasteiger partial charge in [0.15, 0.2) is 0 Å². The van der Waals surface area contributed by atoms with E-state index in [1.165, 1.54) is 18.3 Å². The van der Waals surface area contributed by atoms with Crippen LogP contribution in [0.5, 0.6) is 0 Å². The summed E-state index contributed by atoms with van der Waals surface area (Å²) in [6.07, 6.45) is 2.45. The van der Waals surface area contributed by atoms with E-state index in [0.717, 1.165) is 19.5 Å². The second-order valence-corrected chi connectivity index (χ2v) is 8.33. The number of halogens is 3. The number of aliphatic imine (C=N–C) groups is 1. The molecule has 1 fully saturated rings. The van der Waals surface area contributed by atoms with Crippen molar-refractivity contribution in [3.8, 4) is 11.4 Å². The maximum atomic E-state index is 14.7. The lowest BCUT2D eigenvalue weighted by atomic mass is 10.1. The zero-order valence-electron chi connectivity index (χ0n) is 18.0. The Kier molecular flexibility index (Phi) is 7.05. The smallest absolute Gasteiger partial charge is 0.146 e. The molecule has 0 bridgehead atoms. The second-order valence-electron chi connectivity index (χ2n) is 7.92. The molecule has 3 aromatic rings. The predicted molar refractivity (Wildman–Crippen MR) is 128 cm³/mol. The Balaban J connectivity index is 1.59. The Morgan fingerprint density at radius 3 is 2.79 bits per heavy atom. The zero-order chi connectivity index (χ0) is 23.4. The first-order valence-corrected chi connectivity index (χ1v) is 11.0. The molecule has 33 heavy (non-hydrogen) atoms. The van der Waals surface area contributed by atoms with Gasteiger partial charge in [-0.15, -0.1) is 0 Å². The number of hydrogen-bond donors (Lipinski definition) is 3. The normalized spacial score (nSPS) is 15.9. The minimum atomic E-state index is -0.474. The minimum Gasteiger partial charge on any atom is -0.383 e. The lowest BCUT2D eigenvalue weighted by Gasteiger charge is -2.15. The molecule has 2 heterocycles. The predicted octanol–water partition coefficient (Wildman–Crippen LogP) is 4.35. The first kappa shape index (κ1) is 22.9. The molecule has 0 saturated carbocycles. The van der Waals surface area contributed by atoms with Crippen LogP contribution in [0.25, 0.3) is 11.4 Å². The van der Waals surface area contributed by atoms with Gasteiger partial charge in [-0.1, -0.05) is 42.4 Å². The molecule has 4 rings (SSSR count). The van der Waals surface area contributed by atoms with Crippen molar-refractivity contribution in [2.75, 3.05) is 18.8 Å². The maximum Gasteiger partial charge on any atom is 0.146 e. The number of nitrogens with two attached hydrogens (primary N) is 1. The van der Waals surface area contributed by atoms with Gasteiger partial charge in [0.25, 0.3) is 0 Å². The van der Waals surface area contributed by atoms with Crippen LogP contribution in [0.1, 0.15) is 17.7 Å². The lowest BCUT2D eigenvalue weighted by Crippen LogP contribution is -2.17. The van der Waals surface area contributed by atoms with Gasteiger partial charge in [-0.3, -0.25) is 0 Å². The second kappa shape index (κ2) is 10.1. The third-order valence-electron chi connectivity index (χ3n) is 5.61. The van der Waals surface area contributed by atoms with Crippen molar-refractivity contribution < 1.29 is 8.78 Å². The summed E-state index contributed by atoms with van der Waals surface area (Å²) in [5.74, 6) is 0.594. The number of anilines is 1. The van der Waals surface area contributed by atoms with Crippen molar-refractivity contribution in [2.24, 2.45) is 10.9 Å². The van der Waals surface area contributed by atoms with Gasteiger partial charge >= 0.3 is 0 Å². The highest BCUT2D eigenvalue weighted by molar-refractivity contribution is 6.33. The van der Waals surface area contributed by atoms with E-state index < -0.39 is 5.82 Å². The fraction of sp³-hybridized carbons (Fsp3) is 0.250. The molecule has 0 amide bonds. The van der Waals surface area contributed by atoms with Crippen LogP contribution in [-0.2, 0) is 13.1 Å². The molecule has 1 aliphatic rings. The molecule has 0 spiro atoms. The summed E-state index contributed by atoms with van der Waals surface area (Å²) in [6.45, 7) is 6.43. The standard InChI is InChI=1S/C24H25ClF2N6/c1-15(30-12-17-5-2-3-7-19(17)26)31-13-21-23(28)33(14-16-9-10-29-11-16)24(32-21)22-18(25)6-4-8-20(22)27/h2-8,13,16,29-30H,1,9-12,14,28H2/t16-/m1/s1. The summed E-state index contributed by atoms with van der Waals surface area (Å²) >= 11 is 6.32. The first-order valence-electron chi connectivity index (χ1n) is 10.7. The number of rotatable bonds is 8. The number of imidazole rings is 1. The molecule has 172 valence electrons. The summed E-state index contributed by atoms with van der Waals surface area (Å²) in [5.41, 5.74) is 7.49. The average molecular weight is 471 g/mol. The van der Waals surface area contributed by atoms with Gasteiger partial charge in [0.2, 0.25) is 0 Å². The Morgan fingerprint density at radius 2 is 2.06 bits per heavy atom. The maximum absolute atomic E-state index is 14.7. The van der Waals surface area contributed by atoms with Crippen molar-refractivity contribution in [3.63, 3.8) is 0 Å². The highest BCUT2D eigenvalue weighted by Gasteiger charge is 2.24. The molecule has 0 radical (unpaired) electrons. The number of benzene rings is 2. The van der Waals surface area contributed by atoms with E-state index in [-0.39, 0.29) is 22.9 Å². The van der Waals surface area contributed by atoms with Crippen molar-refractivity contribution in [1.29, 1.82) is 0 Å². The lowest BCUT2D eigenvalue weighted by molar-refractivity contribution is 0.487. The van der Waals surface area contributed by atoms with Crippen LogP contribution in [0.4, 0.5) is 14.6 Å². The van der Waals surface area contributed by atoms with Crippen molar-refractivity contribution >= 4 is 23.6 Å². The number of nitrogen functional groups attached to an aromatic ring is 1. The van der Waals surface area contributed by atoms with Gasteiger partial charge in [-0.2, -0.15) is 0 Å². The summed E-state index contributed by atoms with van der Waals surface area (Å²) in [6, 6.07) is 11.0. The number of hydrogen-bond acceptors (Lipinski definition) is 5. The number of nitrogens with zero attached hydrogens (tertiary/aromatic N) is 3. The van der Waals surface area contributed by atoms with E-state index in [2.05, 4.69) is 27.2 Å². The van der Waals surface area contributed by atoms with Gasteiger partial charge in [0, 0.05) is 18.7 Å². The third kappa shape index (κ3) is 5.23. The quantitative estimate of drug-likeness (QED) is 0.427. The van der Waals surface area contributed by atoms with E-state index in [4.69, 9.17) is 17.3 Å². The zero-order valence-corrected chi connectivity index (χ0v) is 18.7. The summed E-state index contributed by atoms with van der Waals surface area (Å²) in [4.78, 5) is 8.84. The van der Waals surface area contributed by atoms with Crippen LogP contribution in [0, 0.1) is 17.6 Å². The summed E-state index contributed by atoms with van der Waals surface area (Å²) in [5, 5.41) is 6.54. The van der Waals surface area contributed by atoms with E-state index >= 15 is 0 Å². The average Bonchev–Trinajstić information content (AvgIpc) is 3.41. The Hall–Kier alpha value is -3.23. The van der Waals surface area contributed by atoms with Gasteiger partial charge in [0.05, 0.1) is 16.8 Å². The van der Waals surface area contributed by atoms with Gasteiger partial charge in [-0.25, -0.2) is 18.8 Å². The molecule has 0 aliphatic carbocycles. The van der Waals surface area contributed by atoms with E-state index in [1.54, 1.807) is 34.9 Å². The van der Waals surface area contributed by atoms with Crippen LogP contribution in [0.3, 0.4) is 0 Å². The molecule has 4 N–H and O–H groups in total. The van der Waals surface area contributed by atoms with Gasteiger partial charge in [-0.05, 0) is 43.6 Å². The van der Waals surface area contributed by atoms with Crippen LogP contribution in [0.15, 0.2) is 59.9 Å². The van der Waals surface area contributed by atoms with Crippen molar-refractivity contribution in [1.82, 2.24) is 20.2 Å². The third-order valence-corrected chi connectivity index (χ3v) is 5.92. The molecule has 6 nitrogen and oxygen atoms in total. The topological polar surface area (TPSA) is 80.3 Å².